The maximum atomic E-state index is 14.5. The van der Waals surface area contributed by atoms with Gasteiger partial charge in [0.25, 0.3) is 0 Å². The molecule has 3 aliphatic heterocycles. The summed E-state index contributed by atoms with van der Waals surface area (Å²) >= 11 is 0. The fraction of sp³-hybridized carbons (Fsp3) is 0.354. The van der Waals surface area contributed by atoms with E-state index in [-0.39, 0.29) is 29.8 Å². The molecule has 1 aliphatic carbocycles. The Kier molecular flexibility index (Phi) is 9.97. The first-order chi connectivity index (χ1) is 26.5. The summed E-state index contributed by atoms with van der Waals surface area (Å²) in [5.41, 5.74) is 6.64. The molecular formula is C48H48O7. The highest BCUT2D eigenvalue weighted by atomic mass is 16.6. The van der Waals surface area contributed by atoms with Gasteiger partial charge in [0.15, 0.2) is 12.2 Å². The van der Waals surface area contributed by atoms with E-state index in [1.54, 1.807) is 12.1 Å². The second-order valence-electron chi connectivity index (χ2n) is 16.3. The van der Waals surface area contributed by atoms with E-state index in [1.165, 1.54) is 28.3 Å². The van der Waals surface area contributed by atoms with Gasteiger partial charge in [0.1, 0.15) is 16.9 Å². The van der Waals surface area contributed by atoms with Crippen molar-refractivity contribution in [3.05, 3.63) is 158 Å². The van der Waals surface area contributed by atoms with Crippen molar-refractivity contribution in [1.29, 1.82) is 0 Å². The third-order valence-corrected chi connectivity index (χ3v) is 11.9. The van der Waals surface area contributed by atoms with Crippen molar-refractivity contribution in [2.45, 2.75) is 102 Å². The van der Waals surface area contributed by atoms with Crippen molar-refractivity contribution in [2.24, 2.45) is 5.92 Å². The standard InChI is InChI=1S/C48H48O7/c1-29(2)38-21-15-30-13-16-33(17-14-30)39-22-18-36(35-12-8-11-32(26-35)25-31-9-6-5-7-10-31)27-37(39)28-42(50)53-45-43-40(55-48(3,4)46(45)54-47(38)51)23-19-34-20-24-41(49)52-44(34)43/h5-14,16-17,19-20,23-24,26,36-37,39,45-46H,15,18,21-22,25,27-28H2,1-4H3/t36-,37+,39+,45-,46+/m1/s1. The summed E-state index contributed by atoms with van der Waals surface area (Å²) in [6.45, 7) is 7.47. The number of ether oxygens (including phenoxy) is 3. The molecule has 4 aliphatic rings. The third kappa shape index (κ3) is 7.62. The van der Waals surface area contributed by atoms with Crippen LogP contribution < -0.4 is 10.4 Å². The Balaban J connectivity index is 1.18. The fourth-order valence-electron chi connectivity index (χ4n) is 9.04. The molecule has 0 radical (unpaired) electrons. The quantitative estimate of drug-likeness (QED) is 0.103. The van der Waals surface area contributed by atoms with E-state index in [1.807, 2.05) is 39.8 Å². The number of hydrogen-bond donors (Lipinski definition) is 0. The number of benzene rings is 4. The van der Waals surface area contributed by atoms with Crippen LogP contribution in [0.15, 0.2) is 123 Å². The molecular weight excluding hydrogens is 689 g/mol. The van der Waals surface area contributed by atoms with E-state index in [4.69, 9.17) is 18.6 Å². The molecule has 1 saturated carbocycles. The molecule has 1 aromatic heterocycles. The molecule has 4 aromatic carbocycles. The predicted molar refractivity (Wildman–Crippen MR) is 212 cm³/mol. The fourth-order valence-corrected chi connectivity index (χ4v) is 9.04. The van der Waals surface area contributed by atoms with Gasteiger partial charge in [-0.1, -0.05) is 84.4 Å². The zero-order valence-corrected chi connectivity index (χ0v) is 32.0. The van der Waals surface area contributed by atoms with Crippen LogP contribution in [0.4, 0.5) is 0 Å². The van der Waals surface area contributed by atoms with Gasteiger partial charge < -0.3 is 18.6 Å². The van der Waals surface area contributed by atoms with Crippen molar-refractivity contribution in [3.8, 4) is 5.75 Å². The number of carbonyl (C=O) groups is 2. The molecule has 0 amide bonds. The van der Waals surface area contributed by atoms with Crippen LogP contribution in [0.25, 0.3) is 11.0 Å². The van der Waals surface area contributed by atoms with Crippen LogP contribution in [0.3, 0.4) is 0 Å². The molecule has 7 heteroatoms. The smallest absolute Gasteiger partial charge is 0.336 e. The van der Waals surface area contributed by atoms with Crippen LogP contribution in [0.2, 0.25) is 0 Å². The maximum absolute atomic E-state index is 14.5. The van der Waals surface area contributed by atoms with Gasteiger partial charge in [-0.25, -0.2) is 9.59 Å². The Bertz CT molecular complexity index is 2310. The first-order valence-electron chi connectivity index (χ1n) is 19.6. The summed E-state index contributed by atoms with van der Waals surface area (Å²) < 4.78 is 25.2. The Labute approximate surface area is 322 Å². The molecule has 4 heterocycles. The van der Waals surface area contributed by atoms with Gasteiger partial charge in [0.05, 0.1) is 5.56 Å². The summed E-state index contributed by atoms with van der Waals surface area (Å²) in [4.78, 5) is 41.2. The van der Waals surface area contributed by atoms with Gasteiger partial charge >= 0.3 is 17.6 Å². The SMILES string of the molecule is CC(C)=C1CCc2ccc(cc2)[C@@H]2CC[C@@H](c3cccc(Cc4ccccc4)c3)C[C@H]2CC(=O)O[C@@H]2c3c(ccc4ccc(=O)oc34)OC(C)(C)[C@H]2OC1=O. The first-order valence-corrected chi connectivity index (χ1v) is 19.6. The summed E-state index contributed by atoms with van der Waals surface area (Å²) in [6, 6.07) is 34.8. The lowest BCUT2D eigenvalue weighted by atomic mass is 9.68. The summed E-state index contributed by atoms with van der Waals surface area (Å²) in [6.07, 6.45) is 2.87. The molecule has 5 atom stereocenters. The number of rotatable bonds is 3. The Morgan fingerprint density at radius 3 is 2.31 bits per heavy atom. The average molecular weight is 737 g/mol. The second kappa shape index (κ2) is 15.0. The van der Waals surface area contributed by atoms with Gasteiger partial charge in [0.2, 0.25) is 0 Å². The Morgan fingerprint density at radius 2 is 1.53 bits per heavy atom. The largest absolute Gasteiger partial charge is 0.483 e. The normalized spacial score (nSPS) is 23.8. The zero-order chi connectivity index (χ0) is 38.3. The van der Waals surface area contributed by atoms with Gasteiger partial charge in [0, 0.05) is 23.4 Å². The number of allylic oxidation sites excluding steroid dienone is 1. The first kappa shape index (κ1) is 36.5. The monoisotopic (exact) mass is 736 g/mol. The molecule has 282 valence electrons. The van der Waals surface area contributed by atoms with E-state index in [2.05, 4.69) is 72.8 Å². The minimum absolute atomic E-state index is 0.00108. The molecule has 0 saturated heterocycles. The van der Waals surface area contributed by atoms with Gasteiger partial charge in [-0.2, -0.15) is 0 Å². The number of esters is 2. The molecule has 1 fully saturated rings. The van der Waals surface area contributed by atoms with Gasteiger partial charge in [-0.05, 0) is 130 Å². The molecule has 0 spiro atoms. The predicted octanol–water partition coefficient (Wildman–Crippen LogP) is 10.1. The molecule has 0 N–H and O–H groups in total. The molecule has 0 unspecified atom stereocenters. The third-order valence-electron chi connectivity index (χ3n) is 11.9. The van der Waals surface area contributed by atoms with Crippen molar-refractivity contribution in [1.82, 2.24) is 0 Å². The molecule has 2 bridgehead atoms. The van der Waals surface area contributed by atoms with Crippen LogP contribution in [0, 0.1) is 5.92 Å². The highest BCUT2D eigenvalue weighted by Gasteiger charge is 2.50. The van der Waals surface area contributed by atoms with Crippen LogP contribution >= 0.6 is 0 Å². The number of carbonyl (C=O) groups excluding carboxylic acids is 2. The van der Waals surface area contributed by atoms with Crippen LogP contribution in [-0.2, 0) is 31.9 Å². The van der Waals surface area contributed by atoms with Crippen molar-refractivity contribution >= 4 is 22.9 Å². The number of fused-ring (bicyclic) bond motifs is 11. The minimum atomic E-state index is -1.09. The lowest BCUT2D eigenvalue weighted by molar-refractivity contribution is -0.188. The lowest BCUT2D eigenvalue weighted by Crippen LogP contribution is -2.52. The molecule has 7 nitrogen and oxygen atoms in total. The molecule has 9 rings (SSSR count). The topological polar surface area (TPSA) is 92.0 Å². The lowest BCUT2D eigenvalue weighted by Gasteiger charge is -2.43. The van der Waals surface area contributed by atoms with Crippen LogP contribution in [-0.4, -0.2) is 23.6 Å². The average Bonchev–Trinajstić information content (AvgIpc) is 3.16. The van der Waals surface area contributed by atoms with Gasteiger partial charge in [-0.3, -0.25) is 4.79 Å². The van der Waals surface area contributed by atoms with Crippen LogP contribution in [0.1, 0.15) is 111 Å². The highest BCUT2D eigenvalue weighted by Crippen LogP contribution is 2.49. The Morgan fingerprint density at radius 1 is 0.764 bits per heavy atom. The minimum Gasteiger partial charge on any atom is -0.483 e. The second-order valence-corrected chi connectivity index (χ2v) is 16.3. The number of aryl methyl sites for hydroxylation is 1. The summed E-state index contributed by atoms with van der Waals surface area (Å²) in [5.74, 6) is -0.0201. The van der Waals surface area contributed by atoms with E-state index in [0.29, 0.717) is 35.1 Å². The summed E-state index contributed by atoms with van der Waals surface area (Å²) in [7, 11) is 0. The van der Waals surface area contributed by atoms with E-state index in [9.17, 15) is 14.4 Å². The molecule has 55 heavy (non-hydrogen) atoms. The van der Waals surface area contributed by atoms with E-state index < -0.39 is 35.4 Å². The van der Waals surface area contributed by atoms with E-state index in [0.717, 1.165) is 36.8 Å². The maximum Gasteiger partial charge on any atom is 0.336 e. The van der Waals surface area contributed by atoms with Crippen LogP contribution in [0.5, 0.6) is 5.75 Å². The molecule has 5 aromatic rings. The Hall–Kier alpha value is -5.43. The number of hydrogen-bond acceptors (Lipinski definition) is 7. The van der Waals surface area contributed by atoms with E-state index >= 15 is 0 Å². The van der Waals surface area contributed by atoms with Gasteiger partial charge in [-0.15, -0.1) is 0 Å². The highest BCUT2D eigenvalue weighted by molar-refractivity contribution is 5.90. The zero-order valence-electron chi connectivity index (χ0n) is 32.0. The van der Waals surface area contributed by atoms with Crippen molar-refractivity contribution < 1.29 is 28.2 Å². The van der Waals surface area contributed by atoms with Crippen molar-refractivity contribution in [3.63, 3.8) is 0 Å². The summed E-state index contributed by atoms with van der Waals surface area (Å²) in [5, 5.41) is 0.646. The van der Waals surface area contributed by atoms with Crippen molar-refractivity contribution in [2.75, 3.05) is 0 Å².